The third kappa shape index (κ3) is 0.905. The Bertz CT molecular complexity index is 323. The fourth-order valence-electron chi connectivity index (χ4n) is 5.42. The standard InChI is InChI=1S/C15H24/c1-10-7-8-15-11(2)5-6-12(9-13(10)15)14(15,3)4/h5,10,12-13H,6-9H2,1-4H3/t10-,12+,13-,15-/m1/s1. The number of rotatable bonds is 0. The zero-order chi connectivity index (χ0) is 10.8. The zero-order valence-electron chi connectivity index (χ0n) is 10.6. The maximum Gasteiger partial charge on any atom is -0.000604 e. The van der Waals surface area contributed by atoms with Gasteiger partial charge in [0.15, 0.2) is 0 Å². The van der Waals surface area contributed by atoms with E-state index in [2.05, 4.69) is 33.8 Å². The molecule has 0 aromatic carbocycles. The van der Waals surface area contributed by atoms with Gasteiger partial charge < -0.3 is 0 Å². The molecule has 1 spiro atoms. The Kier molecular flexibility index (Phi) is 1.79. The summed E-state index contributed by atoms with van der Waals surface area (Å²) < 4.78 is 0. The average molecular weight is 204 g/mol. The van der Waals surface area contributed by atoms with Crippen molar-refractivity contribution in [3.8, 4) is 0 Å². The Morgan fingerprint density at radius 1 is 1.33 bits per heavy atom. The van der Waals surface area contributed by atoms with Crippen LogP contribution < -0.4 is 0 Å². The second-order valence-electron chi connectivity index (χ2n) is 6.87. The molecule has 2 bridgehead atoms. The van der Waals surface area contributed by atoms with Crippen LogP contribution in [0.1, 0.15) is 53.4 Å². The SMILES string of the molecule is CC1=CC[C@H]2C[C@@H]3[C@H](C)CC[C@@]13C2(C)C. The molecule has 84 valence electrons. The van der Waals surface area contributed by atoms with Gasteiger partial charge in [-0.05, 0) is 61.2 Å². The summed E-state index contributed by atoms with van der Waals surface area (Å²) in [4.78, 5) is 0. The molecule has 2 saturated carbocycles. The van der Waals surface area contributed by atoms with E-state index in [1.54, 1.807) is 5.57 Å². The second kappa shape index (κ2) is 2.70. The largest absolute Gasteiger partial charge is 0.0847 e. The van der Waals surface area contributed by atoms with Gasteiger partial charge in [0.25, 0.3) is 0 Å². The lowest BCUT2D eigenvalue weighted by atomic mass is 9.56. The highest BCUT2D eigenvalue weighted by molar-refractivity contribution is 5.30. The van der Waals surface area contributed by atoms with Crippen molar-refractivity contribution in [2.24, 2.45) is 28.6 Å². The number of fused-ring (bicyclic) bond motifs is 1. The smallest absolute Gasteiger partial charge is 0.000604 e. The minimum atomic E-state index is 0.571. The Labute approximate surface area is 94.1 Å². The van der Waals surface area contributed by atoms with Gasteiger partial charge in [-0.3, -0.25) is 0 Å². The molecule has 0 heterocycles. The Morgan fingerprint density at radius 2 is 2.07 bits per heavy atom. The number of hydrogen-bond acceptors (Lipinski definition) is 0. The minimum absolute atomic E-state index is 0.571. The average Bonchev–Trinajstić information content (AvgIpc) is 2.53. The van der Waals surface area contributed by atoms with Crippen LogP contribution in [0.4, 0.5) is 0 Å². The molecule has 0 saturated heterocycles. The summed E-state index contributed by atoms with van der Waals surface area (Å²) in [6.45, 7) is 10.00. The third-order valence-electron chi connectivity index (χ3n) is 6.43. The van der Waals surface area contributed by atoms with Gasteiger partial charge in [-0.25, -0.2) is 0 Å². The van der Waals surface area contributed by atoms with Crippen LogP contribution in [0.25, 0.3) is 0 Å². The first-order valence-corrected chi connectivity index (χ1v) is 6.67. The summed E-state index contributed by atoms with van der Waals surface area (Å²) in [5, 5.41) is 0. The van der Waals surface area contributed by atoms with Gasteiger partial charge in [-0.2, -0.15) is 0 Å². The first-order valence-electron chi connectivity index (χ1n) is 6.67. The van der Waals surface area contributed by atoms with Crippen molar-refractivity contribution in [3.05, 3.63) is 11.6 Å². The van der Waals surface area contributed by atoms with E-state index in [9.17, 15) is 0 Å². The highest BCUT2D eigenvalue weighted by atomic mass is 14.7. The summed E-state index contributed by atoms with van der Waals surface area (Å²) >= 11 is 0. The third-order valence-corrected chi connectivity index (χ3v) is 6.43. The van der Waals surface area contributed by atoms with Crippen molar-refractivity contribution in [1.82, 2.24) is 0 Å². The summed E-state index contributed by atoms with van der Waals surface area (Å²) in [5.41, 5.74) is 2.90. The molecule has 0 aromatic heterocycles. The van der Waals surface area contributed by atoms with Gasteiger partial charge in [0, 0.05) is 0 Å². The maximum atomic E-state index is 2.56. The topological polar surface area (TPSA) is 0 Å². The molecule has 0 N–H and O–H groups in total. The summed E-state index contributed by atoms with van der Waals surface area (Å²) in [7, 11) is 0. The molecule has 0 radical (unpaired) electrons. The Balaban J connectivity index is 2.17. The summed E-state index contributed by atoms with van der Waals surface area (Å²) in [5.74, 6) is 2.93. The highest BCUT2D eigenvalue weighted by Gasteiger charge is 2.64. The predicted octanol–water partition coefficient (Wildman–Crippen LogP) is 4.42. The molecule has 3 aliphatic rings. The van der Waals surface area contributed by atoms with E-state index in [1.165, 1.54) is 25.7 Å². The second-order valence-corrected chi connectivity index (χ2v) is 6.87. The van der Waals surface area contributed by atoms with E-state index in [1.807, 2.05) is 0 Å². The van der Waals surface area contributed by atoms with E-state index >= 15 is 0 Å². The predicted molar refractivity (Wildman–Crippen MR) is 64.6 cm³/mol. The van der Waals surface area contributed by atoms with Gasteiger partial charge >= 0.3 is 0 Å². The Hall–Kier alpha value is -0.260. The first kappa shape index (κ1) is 9.93. The fraction of sp³-hybridized carbons (Fsp3) is 0.867. The Morgan fingerprint density at radius 3 is 2.80 bits per heavy atom. The van der Waals surface area contributed by atoms with E-state index in [0.717, 1.165) is 17.8 Å². The van der Waals surface area contributed by atoms with Gasteiger partial charge in [-0.1, -0.05) is 32.4 Å². The molecule has 0 nitrogen and oxygen atoms in total. The van der Waals surface area contributed by atoms with Crippen LogP contribution in [0, 0.1) is 28.6 Å². The maximum absolute atomic E-state index is 2.56. The molecular formula is C15H24. The van der Waals surface area contributed by atoms with Crippen LogP contribution in [0.15, 0.2) is 11.6 Å². The highest BCUT2D eigenvalue weighted by Crippen LogP contribution is 2.72. The molecule has 0 aromatic rings. The first-order chi connectivity index (χ1) is 7.00. The number of hydrogen-bond donors (Lipinski definition) is 0. The van der Waals surface area contributed by atoms with Crippen molar-refractivity contribution >= 4 is 0 Å². The van der Waals surface area contributed by atoms with Crippen LogP contribution in [-0.4, -0.2) is 0 Å². The van der Waals surface area contributed by atoms with Gasteiger partial charge in [0.2, 0.25) is 0 Å². The molecule has 0 amide bonds. The van der Waals surface area contributed by atoms with Gasteiger partial charge in [0.05, 0.1) is 0 Å². The van der Waals surface area contributed by atoms with Gasteiger partial charge in [0.1, 0.15) is 0 Å². The van der Waals surface area contributed by atoms with Crippen LogP contribution in [0.2, 0.25) is 0 Å². The van der Waals surface area contributed by atoms with E-state index < -0.39 is 0 Å². The quantitative estimate of drug-likeness (QED) is 0.513. The van der Waals surface area contributed by atoms with Crippen molar-refractivity contribution in [1.29, 1.82) is 0 Å². The lowest BCUT2D eigenvalue weighted by Gasteiger charge is -2.48. The van der Waals surface area contributed by atoms with Crippen LogP contribution in [0.3, 0.4) is 0 Å². The molecule has 0 unspecified atom stereocenters. The molecule has 0 heteroatoms. The zero-order valence-corrected chi connectivity index (χ0v) is 10.6. The van der Waals surface area contributed by atoms with Crippen LogP contribution in [-0.2, 0) is 0 Å². The van der Waals surface area contributed by atoms with Crippen molar-refractivity contribution < 1.29 is 0 Å². The molecular weight excluding hydrogens is 180 g/mol. The van der Waals surface area contributed by atoms with E-state index in [0.29, 0.717) is 10.8 Å². The van der Waals surface area contributed by atoms with Crippen molar-refractivity contribution in [3.63, 3.8) is 0 Å². The number of allylic oxidation sites excluding steroid dienone is 2. The summed E-state index contributed by atoms with van der Waals surface area (Å²) in [6, 6.07) is 0. The lowest BCUT2D eigenvalue weighted by molar-refractivity contribution is 0.0786. The minimum Gasteiger partial charge on any atom is -0.0847 e. The van der Waals surface area contributed by atoms with E-state index in [-0.39, 0.29) is 0 Å². The van der Waals surface area contributed by atoms with Crippen molar-refractivity contribution in [2.45, 2.75) is 53.4 Å². The normalized spacial score (nSPS) is 51.5. The van der Waals surface area contributed by atoms with Crippen LogP contribution in [0.5, 0.6) is 0 Å². The molecule has 3 rings (SSSR count). The van der Waals surface area contributed by atoms with E-state index in [4.69, 9.17) is 0 Å². The monoisotopic (exact) mass is 204 g/mol. The lowest BCUT2D eigenvalue weighted by Crippen LogP contribution is -2.41. The fourth-order valence-corrected chi connectivity index (χ4v) is 5.42. The molecule has 0 aliphatic heterocycles. The molecule has 15 heavy (non-hydrogen) atoms. The van der Waals surface area contributed by atoms with Crippen molar-refractivity contribution in [2.75, 3.05) is 0 Å². The molecule has 2 fully saturated rings. The van der Waals surface area contributed by atoms with Gasteiger partial charge in [-0.15, -0.1) is 0 Å². The molecule has 3 aliphatic carbocycles. The summed E-state index contributed by atoms with van der Waals surface area (Å²) in [6.07, 6.45) is 8.34. The van der Waals surface area contributed by atoms with Crippen LogP contribution >= 0.6 is 0 Å². The molecule has 4 atom stereocenters.